The van der Waals surface area contributed by atoms with E-state index in [1.165, 1.54) is 31.7 Å². The molecule has 0 saturated heterocycles. The zero-order valence-electron chi connectivity index (χ0n) is 24.7. The highest BCUT2D eigenvalue weighted by atomic mass is 16.6. The summed E-state index contributed by atoms with van der Waals surface area (Å²) >= 11 is 0. The van der Waals surface area contributed by atoms with E-state index in [2.05, 4.69) is 25.7 Å². The fourth-order valence-electron chi connectivity index (χ4n) is 4.25. The molecular formula is C35H41NO6. The van der Waals surface area contributed by atoms with Crippen molar-refractivity contribution in [3.63, 3.8) is 0 Å². The van der Waals surface area contributed by atoms with Crippen molar-refractivity contribution < 1.29 is 23.9 Å². The number of nitro benzene ring substituents is 1. The minimum Gasteiger partial charge on any atom is -0.494 e. The van der Waals surface area contributed by atoms with Gasteiger partial charge in [-0.1, -0.05) is 77.1 Å². The third kappa shape index (κ3) is 11.3. The van der Waals surface area contributed by atoms with E-state index < -0.39 is 10.9 Å². The van der Waals surface area contributed by atoms with Crippen molar-refractivity contribution >= 4 is 11.7 Å². The Morgan fingerprint density at radius 2 is 1.24 bits per heavy atom. The molecule has 0 atom stereocenters. The maximum absolute atomic E-state index is 12.6. The number of esters is 1. The normalized spacial score (nSPS) is 10.4. The summed E-state index contributed by atoms with van der Waals surface area (Å²) in [5, 5.41) is 11.6. The van der Waals surface area contributed by atoms with Gasteiger partial charge in [0, 0.05) is 17.2 Å². The van der Waals surface area contributed by atoms with Crippen LogP contribution in [0.2, 0.25) is 0 Å². The number of unbranched alkanes of at least 4 members (excludes halogenated alkanes) is 8. The van der Waals surface area contributed by atoms with Crippen LogP contribution < -0.4 is 14.2 Å². The van der Waals surface area contributed by atoms with Gasteiger partial charge in [-0.25, -0.2) is 4.79 Å². The number of ether oxygens (including phenoxy) is 3. The maximum Gasteiger partial charge on any atom is 0.343 e. The molecule has 0 aliphatic heterocycles. The van der Waals surface area contributed by atoms with E-state index in [4.69, 9.17) is 14.2 Å². The van der Waals surface area contributed by atoms with E-state index in [1.807, 2.05) is 0 Å². The smallest absolute Gasteiger partial charge is 0.343 e. The van der Waals surface area contributed by atoms with Crippen LogP contribution in [0, 0.1) is 22.0 Å². The van der Waals surface area contributed by atoms with Gasteiger partial charge in [-0.3, -0.25) is 10.1 Å². The number of hydrogen-bond acceptors (Lipinski definition) is 6. The molecule has 7 heteroatoms. The Morgan fingerprint density at radius 1 is 0.690 bits per heavy atom. The molecule has 0 unspecified atom stereocenters. The Kier molecular flexibility index (Phi) is 13.9. The lowest BCUT2D eigenvalue weighted by Crippen LogP contribution is -2.08. The highest BCUT2D eigenvalue weighted by molar-refractivity contribution is 5.91. The zero-order valence-corrected chi connectivity index (χ0v) is 24.7. The molecule has 0 bridgehead atoms. The second-order valence-electron chi connectivity index (χ2n) is 10.2. The molecule has 0 saturated carbocycles. The van der Waals surface area contributed by atoms with Gasteiger partial charge in [0.25, 0.3) is 0 Å². The Balaban J connectivity index is 1.51. The lowest BCUT2D eigenvalue weighted by atomic mass is 10.1. The molecule has 3 aromatic rings. The zero-order chi connectivity index (χ0) is 30.0. The highest BCUT2D eigenvalue weighted by Gasteiger charge is 2.15. The third-order valence-corrected chi connectivity index (χ3v) is 6.68. The van der Waals surface area contributed by atoms with Gasteiger partial charge in [-0.2, -0.15) is 0 Å². The molecular weight excluding hydrogens is 530 g/mol. The molecule has 0 heterocycles. The number of benzene rings is 3. The molecule has 3 rings (SSSR count). The van der Waals surface area contributed by atoms with Crippen LogP contribution in [0.4, 0.5) is 5.69 Å². The Morgan fingerprint density at radius 3 is 1.86 bits per heavy atom. The van der Waals surface area contributed by atoms with E-state index in [-0.39, 0.29) is 11.4 Å². The summed E-state index contributed by atoms with van der Waals surface area (Å²) in [5.74, 6) is 6.88. The SMILES string of the molecule is CCCCCCCOc1ccc(C(=O)Oc2ccc(C#Cc3ccc(OCCCCCCC)c([N+](=O)[O-])c3)cc2)cc1. The fraction of sp³-hybridized carbons (Fsp3) is 0.400. The van der Waals surface area contributed by atoms with Gasteiger partial charge in [0.15, 0.2) is 5.75 Å². The number of nitro groups is 1. The van der Waals surface area contributed by atoms with E-state index in [0.717, 1.165) is 44.3 Å². The monoisotopic (exact) mass is 571 g/mol. The molecule has 0 N–H and O–H groups in total. The second-order valence-corrected chi connectivity index (χ2v) is 10.2. The average molecular weight is 572 g/mol. The molecule has 0 spiro atoms. The van der Waals surface area contributed by atoms with Crippen LogP contribution >= 0.6 is 0 Å². The summed E-state index contributed by atoms with van der Waals surface area (Å²) < 4.78 is 16.9. The maximum atomic E-state index is 12.6. The summed E-state index contributed by atoms with van der Waals surface area (Å²) in [6.07, 6.45) is 11.3. The topological polar surface area (TPSA) is 87.9 Å². The molecule has 0 aliphatic rings. The summed E-state index contributed by atoms with van der Waals surface area (Å²) in [7, 11) is 0. The van der Waals surface area contributed by atoms with Gasteiger partial charge in [-0.15, -0.1) is 0 Å². The minimum atomic E-state index is -0.462. The third-order valence-electron chi connectivity index (χ3n) is 6.68. The van der Waals surface area contributed by atoms with E-state index in [0.29, 0.717) is 35.7 Å². The van der Waals surface area contributed by atoms with Gasteiger partial charge in [0.05, 0.1) is 23.7 Å². The van der Waals surface area contributed by atoms with Crippen molar-refractivity contribution in [2.45, 2.75) is 78.1 Å². The van der Waals surface area contributed by atoms with Gasteiger partial charge >= 0.3 is 11.7 Å². The van der Waals surface area contributed by atoms with Crippen molar-refractivity contribution in [3.8, 4) is 29.1 Å². The van der Waals surface area contributed by atoms with Gasteiger partial charge in [0.1, 0.15) is 11.5 Å². The highest BCUT2D eigenvalue weighted by Crippen LogP contribution is 2.28. The standard InChI is InChI=1S/C35H41NO6/c1-3-5-7-9-11-25-40-31-22-18-30(19-23-31)35(37)42-32-20-15-28(16-21-32)13-14-29-17-24-34(33(27-29)36(38)39)41-26-12-10-8-6-4-2/h15-24,27H,3-12,25-26H2,1-2H3. The van der Waals surface area contributed by atoms with E-state index in [9.17, 15) is 14.9 Å². The quantitative estimate of drug-likeness (QED) is 0.0401. The van der Waals surface area contributed by atoms with Crippen LogP contribution in [-0.2, 0) is 0 Å². The van der Waals surface area contributed by atoms with Crippen LogP contribution in [0.1, 0.15) is 99.5 Å². The molecule has 42 heavy (non-hydrogen) atoms. The number of rotatable bonds is 17. The first kappa shape index (κ1) is 32.2. The van der Waals surface area contributed by atoms with Crippen LogP contribution in [-0.4, -0.2) is 24.1 Å². The van der Waals surface area contributed by atoms with Crippen LogP contribution in [0.5, 0.6) is 17.2 Å². The Bertz CT molecular complexity index is 1320. The Labute approximate surface area is 249 Å². The number of nitrogens with zero attached hydrogens (tertiary/aromatic N) is 1. The summed E-state index contributed by atoms with van der Waals surface area (Å²) in [5.41, 5.74) is 1.52. The molecule has 0 radical (unpaired) electrons. The van der Waals surface area contributed by atoms with Gasteiger partial charge in [-0.05, 0) is 73.5 Å². The minimum absolute atomic E-state index is 0.0976. The molecule has 0 aromatic heterocycles. The van der Waals surface area contributed by atoms with Gasteiger partial charge < -0.3 is 14.2 Å². The Hall–Kier alpha value is -4.31. The molecule has 222 valence electrons. The molecule has 0 fully saturated rings. The number of carbonyl (C=O) groups excluding carboxylic acids is 1. The first-order valence-electron chi connectivity index (χ1n) is 15.0. The van der Waals surface area contributed by atoms with Gasteiger partial charge in [0.2, 0.25) is 0 Å². The van der Waals surface area contributed by atoms with E-state index in [1.54, 1.807) is 60.7 Å². The first-order valence-corrected chi connectivity index (χ1v) is 15.0. The van der Waals surface area contributed by atoms with Crippen molar-refractivity contribution in [2.24, 2.45) is 0 Å². The largest absolute Gasteiger partial charge is 0.494 e. The lowest BCUT2D eigenvalue weighted by molar-refractivity contribution is -0.385. The molecule has 0 amide bonds. The number of carbonyl (C=O) groups is 1. The number of hydrogen-bond donors (Lipinski definition) is 0. The summed E-state index contributed by atoms with van der Waals surface area (Å²) in [4.78, 5) is 23.7. The summed E-state index contributed by atoms with van der Waals surface area (Å²) in [6.45, 7) is 5.47. The van der Waals surface area contributed by atoms with E-state index >= 15 is 0 Å². The van der Waals surface area contributed by atoms with Crippen LogP contribution in [0.15, 0.2) is 66.7 Å². The molecule has 3 aromatic carbocycles. The average Bonchev–Trinajstić information content (AvgIpc) is 3.00. The molecule has 7 nitrogen and oxygen atoms in total. The second kappa shape index (κ2) is 18.2. The van der Waals surface area contributed by atoms with Crippen LogP contribution in [0.3, 0.4) is 0 Å². The molecule has 0 aliphatic carbocycles. The first-order chi connectivity index (χ1) is 20.5. The van der Waals surface area contributed by atoms with Crippen molar-refractivity contribution in [2.75, 3.05) is 13.2 Å². The summed E-state index contributed by atoms with van der Waals surface area (Å²) in [6, 6.07) is 18.5. The van der Waals surface area contributed by atoms with Crippen LogP contribution in [0.25, 0.3) is 0 Å². The lowest BCUT2D eigenvalue weighted by Gasteiger charge is -2.08. The van der Waals surface area contributed by atoms with Crippen molar-refractivity contribution in [1.29, 1.82) is 0 Å². The predicted octanol–water partition coefficient (Wildman–Crippen LogP) is 8.91. The van der Waals surface area contributed by atoms with Crippen molar-refractivity contribution in [1.82, 2.24) is 0 Å². The van der Waals surface area contributed by atoms with Crippen molar-refractivity contribution in [3.05, 3.63) is 93.5 Å². The fourth-order valence-corrected chi connectivity index (χ4v) is 4.25. The predicted molar refractivity (Wildman–Crippen MR) is 165 cm³/mol.